The minimum atomic E-state index is -0.322. The van der Waals surface area contributed by atoms with Crippen LogP contribution in [0.3, 0.4) is 0 Å². The smallest absolute Gasteiger partial charge is 0.257 e. The number of rotatable bonds is 9. The second-order valence-corrected chi connectivity index (χ2v) is 7.98. The molecule has 3 N–H and O–H groups in total. The summed E-state index contributed by atoms with van der Waals surface area (Å²) < 4.78 is 6.49. The molecule has 0 spiro atoms. The molecule has 8 heteroatoms. The number of nitrogens with one attached hydrogen (secondary N) is 3. The summed E-state index contributed by atoms with van der Waals surface area (Å²) in [7, 11) is 0. The number of halogens is 1. The van der Waals surface area contributed by atoms with Gasteiger partial charge in [0.25, 0.3) is 5.91 Å². The summed E-state index contributed by atoms with van der Waals surface area (Å²) in [6, 6.07) is 12.2. The van der Waals surface area contributed by atoms with E-state index in [9.17, 15) is 9.59 Å². The van der Waals surface area contributed by atoms with E-state index in [1.807, 2.05) is 0 Å². The van der Waals surface area contributed by atoms with Crippen molar-refractivity contribution in [2.45, 2.75) is 39.5 Å². The topological polar surface area (TPSA) is 79.5 Å². The van der Waals surface area contributed by atoms with E-state index in [2.05, 4.69) is 38.8 Å². The fraction of sp³-hybridized carbons (Fsp3) is 0.318. The highest BCUT2D eigenvalue weighted by molar-refractivity contribution is 9.10. The van der Waals surface area contributed by atoms with Gasteiger partial charge in [-0.05, 0) is 77.0 Å². The normalized spacial score (nSPS) is 10.2. The summed E-state index contributed by atoms with van der Waals surface area (Å²) in [6.07, 6.45) is 4.55. The van der Waals surface area contributed by atoms with Crippen molar-refractivity contribution in [1.29, 1.82) is 0 Å². The first kappa shape index (κ1) is 23.8. The van der Waals surface area contributed by atoms with Gasteiger partial charge in [0.15, 0.2) is 5.11 Å². The second-order valence-electron chi connectivity index (χ2n) is 6.72. The molecule has 0 aliphatic rings. The average Bonchev–Trinajstić information content (AvgIpc) is 2.69. The van der Waals surface area contributed by atoms with Crippen LogP contribution in [0.1, 0.15) is 49.9 Å². The van der Waals surface area contributed by atoms with Crippen LogP contribution in [0.2, 0.25) is 0 Å². The van der Waals surface area contributed by atoms with Crippen molar-refractivity contribution in [3.8, 4) is 5.75 Å². The molecule has 0 bridgehead atoms. The zero-order chi connectivity index (χ0) is 21.9. The van der Waals surface area contributed by atoms with E-state index < -0.39 is 0 Å². The Kier molecular flexibility index (Phi) is 9.76. The number of benzene rings is 2. The molecule has 0 radical (unpaired) electrons. The Labute approximate surface area is 190 Å². The van der Waals surface area contributed by atoms with Crippen LogP contribution in [0.15, 0.2) is 46.9 Å². The van der Waals surface area contributed by atoms with E-state index in [1.165, 1.54) is 19.8 Å². The Morgan fingerprint density at radius 3 is 2.27 bits per heavy atom. The van der Waals surface area contributed by atoms with Gasteiger partial charge in [0, 0.05) is 23.9 Å². The third-order valence-electron chi connectivity index (χ3n) is 4.14. The van der Waals surface area contributed by atoms with Crippen LogP contribution in [0, 0.1) is 0 Å². The number of carbonyl (C=O) groups is 2. The van der Waals surface area contributed by atoms with E-state index in [0.717, 1.165) is 17.3 Å². The van der Waals surface area contributed by atoms with Crippen LogP contribution in [0.25, 0.3) is 0 Å². The first-order valence-electron chi connectivity index (χ1n) is 9.81. The highest BCUT2D eigenvalue weighted by atomic mass is 79.9. The van der Waals surface area contributed by atoms with Gasteiger partial charge in [0.2, 0.25) is 5.91 Å². The summed E-state index contributed by atoms with van der Waals surface area (Å²) in [6.45, 7) is 4.27. The first-order chi connectivity index (χ1) is 14.4. The van der Waals surface area contributed by atoms with Crippen LogP contribution < -0.4 is 20.7 Å². The molecule has 2 aromatic carbocycles. The molecule has 6 nitrogen and oxygen atoms in total. The van der Waals surface area contributed by atoms with Gasteiger partial charge in [-0.3, -0.25) is 14.9 Å². The molecule has 0 fully saturated rings. The summed E-state index contributed by atoms with van der Waals surface area (Å²) >= 11 is 8.68. The molecule has 0 unspecified atom stereocenters. The first-order valence-corrected chi connectivity index (χ1v) is 11.0. The maximum absolute atomic E-state index is 12.5. The number of carbonyl (C=O) groups excluding carboxylic acids is 2. The predicted molar refractivity (Wildman–Crippen MR) is 128 cm³/mol. The van der Waals surface area contributed by atoms with Crippen molar-refractivity contribution >= 4 is 56.4 Å². The number of unbranched alkanes of at least 4 members (excludes halogenated alkanes) is 3. The molecule has 0 atom stereocenters. The van der Waals surface area contributed by atoms with Crippen LogP contribution in [-0.2, 0) is 4.79 Å². The number of anilines is 2. The maximum atomic E-state index is 12.5. The van der Waals surface area contributed by atoms with E-state index in [-0.39, 0.29) is 16.9 Å². The van der Waals surface area contributed by atoms with Gasteiger partial charge in [-0.2, -0.15) is 0 Å². The van der Waals surface area contributed by atoms with E-state index in [0.29, 0.717) is 29.3 Å². The largest absolute Gasteiger partial charge is 0.492 e. The highest BCUT2D eigenvalue weighted by Crippen LogP contribution is 2.26. The third kappa shape index (κ3) is 8.12. The molecule has 0 saturated carbocycles. The molecule has 0 aliphatic carbocycles. The lowest BCUT2D eigenvalue weighted by Gasteiger charge is -2.12. The van der Waals surface area contributed by atoms with Crippen molar-refractivity contribution in [2.75, 3.05) is 17.2 Å². The van der Waals surface area contributed by atoms with Gasteiger partial charge in [-0.1, -0.05) is 26.2 Å². The Hall–Kier alpha value is -2.45. The highest BCUT2D eigenvalue weighted by Gasteiger charge is 2.11. The van der Waals surface area contributed by atoms with Gasteiger partial charge >= 0.3 is 0 Å². The summed E-state index contributed by atoms with van der Waals surface area (Å²) in [5.41, 5.74) is 1.84. The Morgan fingerprint density at radius 1 is 1.00 bits per heavy atom. The van der Waals surface area contributed by atoms with Crippen molar-refractivity contribution in [2.24, 2.45) is 0 Å². The lowest BCUT2D eigenvalue weighted by Crippen LogP contribution is -2.34. The Balaban J connectivity index is 1.86. The van der Waals surface area contributed by atoms with Gasteiger partial charge in [-0.15, -0.1) is 0 Å². The quantitative estimate of drug-likeness (QED) is 0.319. The van der Waals surface area contributed by atoms with Crippen molar-refractivity contribution in [3.05, 3.63) is 52.5 Å². The maximum Gasteiger partial charge on any atom is 0.257 e. The molecule has 0 saturated heterocycles. The number of hydrogen-bond acceptors (Lipinski definition) is 4. The SMILES string of the molecule is CCCCCCOc1ccc(C(=O)NC(=S)Nc2ccc(NC(C)=O)cc2)cc1Br. The minimum Gasteiger partial charge on any atom is -0.492 e. The van der Waals surface area contributed by atoms with Crippen LogP contribution >= 0.6 is 28.1 Å². The molecule has 0 aliphatic heterocycles. The predicted octanol–water partition coefficient (Wildman–Crippen LogP) is 5.49. The van der Waals surface area contributed by atoms with Gasteiger partial charge in [0.05, 0.1) is 11.1 Å². The molecule has 2 amide bonds. The standard InChI is InChI=1S/C22H26BrN3O3S/c1-3-4-5-6-13-29-20-12-7-16(14-19(20)23)21(28)26-22(30)25-18-10-8-17(9-11-18)24-15(2)27/h7-12,14H,3-6,13H2,1-2H3,(H,24,27)(H2,25,26,28,30). The molecule has 2 rings (SSSR count). The van der Waals surface area contributed by atoms with Crippen LogP contribution in [0.5, 0.6) is 5.75 Å². The number of thiocarbonyl (C=S) groups is 1. The second kappa shape index (κ2) is 12.3. The van der Waals surface area contributed by atoms with E-state index >= 15 is 0 Å². The number of hydrogen-bond donors (Lipinski definition) is 3. The molecule has 0 heterocycles. The number of ether oxygens (including phenoxy) is 1. The molecule has 30 heavy (non-hydrogen) atoms. The van der Waals surface area contributed by atoms with Crippen LogP contribution in [-0.4, -0.2) is 23.5 Å². The lowest BCUT2D eigenvalue weighted by atomic mass is 10.2. The fourth-order valence-electron chi connectivity index (χ4n) is 2.65. The molecular formula is C22H26BrN3O3S. The van der Waals surface area contributed by atoms with Crippen molar-refractivity contribution < 1.29 is 14.3 Å². The van der Waals surface area contributed by atoms with E-state index in [4.69, 9.17) is 17.0 Å². The zero-order valence-corrected chi connectivity index (χ0v) is 19.5. The molecule has 0 aromatic heterocycles. The average molecular weight is 492 g/mol. The Morgan fingerprint density at radius 2 is 1.67 bits per heavy atom. The van der Waals surface area contributed by atoms with Gasteiger partial charge < -0.3 is 15.4 Å². The summed E-state index contributed by atoms with van der Waals surface area (Å²) in [5.74, 6) is 0.248. The van der Waals surface area contributed by atoms with Gasteiger partial charge in [0.1, 0.15) is 5.75 Å². The summed E-state index contributed by atoms with van der Waals surface area (Å²) in [5, 5.41) is 8.47. The molecule has 160 valence electrons. The fourth-order valence-corrected chi connectivity index (χ4v) is 3.35. The molecule has 2 aromatic rings. The Bertz CT molecular complexity index is 888. The van der Waals surface area contributed by atoms with Crippen molar-refractivity contribution in [1.82, 2.24) is 5.32 Å². The lowest BCUT2D eigenvalue weighted by molar-refractivity contribution is -0.114. The monoisotopic (exact) mass is 491 g/mol. The van der Waals surface area contributed by atoms with Gasteiger partial charge in [-0.25, -0.2) is 0 Å². The zero-order valence-electron chi connectivity index (χ0n) is 17.1. The van der Waals surface area contributed by atoms with E-state index in [1.54, 1.807) is 42.5 Å². The van der Waals surface area contributed by atoms with Crippen LogP contribution in [0.4, 0.5) is 11.4 Å². The van der Waals surface area contributed by atoms with Crippen molar-refractivity contribution in [3.63, 3.8) is 0 Å². The third-order valence-corrected chi connectivity index (χ3v) is 4.96. The molecular weight excluding hydrogens is 466 g/mol. The minimum absolute atomic E-state index is 0.141. The summed E-state index contributed by atoms with van der Waals surface area (Å²) in [4.78, 5) is 23.5. The number of amides is 2.